The minimum Gasteiger partial charge on any atom is -0.497 e. The highest BCUT2D eigenvalue weighted by molar-refractivity contribution is 5.76. The second-order valence-electron chi connectivity index (χ2n) is 2.63. The average molecular weight is 196 g/mol. The van der Waals surface area contributed by atoms with Crippen molar-refractivity contribution in [2.45, 2.75) is 0 Å². The van der Waals surface area contributed by atoms with Gasteiger partial charge in [-0.1, -0.05) is 0 Å². The summed E-state index contributed by atoms with van der Waals surface area (Å²) in [6, 6.07) is 4.85. The first-order chi connectivity index (χ1) is 6.80. The van der Waals surface area contributed by atoms with Gasteiger partial charge < -0.3 is 14.6 Å². The number of carbonyl (C=O) groups excluding carboxylic acids is 1. The maximum atomic E-state index is 10.5. The maximum Gasteiger partial charge on any atom is 0.150 e. The molecule has 0 aromatic heterocycles. The van der Waals surface area contributed by atoms with Crippen LogP contribution in [0.5, 0.6) is 11.5 Å². The molecule has 76 valence electrons. The summed E-state index contributed by atoms with van der Waals surface area (Å²) < 4.78 is 10.1. The fraction of sp³-hybridized carbons (Fsp3) is 0.300. The summed E-state index contributed by atoms with van der Waals surface area (Å²) in [7, 11) is 1.51. The topological polar surface area (TPSA) is 55.8 Å². The van der Waals surface area contributed by atoms with Crippen molar-refractivity contribution in [2.75, 3.05) is 20.3 Å². The molecule has 4 nitrogen and oxygen atoms in total. The predicted octanol–water partition coefficient (Wildman–Crippen LogP) is 0.879. The number of hydrogen-bond donors (Lipinski definition) is 1. The van der Waals surface area contributed by atoms with E-state index in [0.29, 0.717) is 23.3 Å². The molecule has 0 aliphatic carbocycles. The Morgan fingerprint density at radius 1 is 1.36 bits per heavy atom. The third-order valence-electron chi connectivity index (χ3n) is 1.63. The van der Waals surface area contributed by atoms with Crippen LogP contribution in [0.1, 0.15) is 10.4 Å². The van der Waals surface area contributed by atoms with Crippen LogP contribution >= 0.6 is 0 Å². The van der Waals surface area contributed by atoms with E-state index in [4.69, 9.17) is 14.6 Å². The Morgan fingerprint density at radius 2 is 2.07 bits per heavy atom. The lowest BCUT2D eigenvalue weighted by Gasteiger charge is -2.07. The van der Waals surface area contributed by atoms with Gasteiger partial charge in [-0.25, -0.2) is 0 Å². The SMILES string of the molecule is COc1cc(C=O)cc(OCCO)c1. The lowest BCUT2D eigenvalue weighted by Crippen LogP contribution is -2.02. The number of ether oxygens (including phenoxy) is 2. The quantitative estimate of drug-likeness (QED) is 0.710. The average Bonchev–Trinajstić information content (AvgIpc) is 2.25. The van der Waals surface area contributed by atoms with Gasteiger partial charge in [0.2, 0.25) is 0 Å². The van der Waals surface area contributed by atoms with Crippen molar-refractivity contribution in [1.82, 2.24) is 0 Å². The van der Waals surface area contributed by atoms with Gasteiger partial charge in [0.25, 0.3) is 0 Å². The van der Waals surface area contributed by atoms with Crippen LogP contribution in [0.2, 0.25) is 0 Å². The molecule has 0 aliphatic heterocycles. The van der Waals surface area contributed by atoms with Crippen LogP contribution < -0.4 is 9.47 Å². The van der Waals surface area contributed by atoms with E-state index in [-0.39, 0.29) is 13.2 Å². The number of aldehydes is 1. The number of hydrogen-bond acceptors (Lipinski definition) is 4. The fourth-order valence-electron chi connectivity index (χ4n) is 1.03. The minimum absolute atomic E-state index is 0.0619. The zero-order valence-electron chi connectivity index (χ0n) is 7.90. The third-order valence-corrected chi connectivity index (χ3v) is 1.63. The summed E-state index contributed by atoms with van der Waals surface area (Å²) in [5, 5.41) is 8.55. The Hall–Kier alpha value is -1.55. The normalized spacial score (nSPS) is 9.57. The van der Waals surface area contributed by atoms with Gasteiger partial charge in [0, 0.05) is 11.6 Å². The minimum atomic E-state index is -0.0619. The van der Waals surface area contributed by atoms with Crippen molar-refractivity contribution >= 4 is 6.29 Å². The van der Waals surface area contributed by atoms with Crippen LogP contribution in [0.3, 0.4) is 0 Å². The molecule has 0 bridgehead atoms. The van der Waals surface area contributed by atoms with E-state index in [2.05, 4.69) is 0 Å². The van der Waals surface area contributed by atoms with Crippen LogP contribution in [0, 0.1) is 0 Å². The predicted molar refractivity (Wildman–Crippen MR) is 51.0 cm³/mol. The molecule has 14 heavy (non-hydrogen) atoms. The lowest BCUT2D eigenvalue weighted by atomic mass is 10.2. The summed E-state index contributed by atoms with van der Waals surface area (Å²) >= 11 is 0. The van der Waals surface area contributed by atoms with Crippen molar-refractivity contribution in [1.29, 1.82) is 0 Å². The summed E-state index contributed by atoms with van der Waals surface area (Å²) in [5.74, 6) is 1.07. The van der Waals surface area contributed by atoms with E-state index in [1.165, 1.54) is 7.11 Å². The first kappa shape index (κ1) is 10.5. The van der Waals surface area contributed by atoms with Crippen molar-refractivity contribution in [3.63, 3.8) is 0 Å². The summed E-state index contributed by atoms with van der Waals surface area (Å²) in [6.45, 7) is 0.138. The number of methoxy groups -OCH3 is 1. The van der Waals surface area contributed by atoms with E-state index in [0.717, 1.165) is 0 Å². The second kappa shape index (κ2) is 5.24. The Morgan fingerprint density at radius 3 is 2.64 bits per heavy atom. The highest BCUT2D eigenvalue weighted by Crippen LogP contribution is 2.21. The summed E-state index contributed by atoms with van der Waals surface area (Å²) in [4.78, 5) is 10.5. The van der Waals surface area contributed by atoms with Gasteiger partial charge in [-0.2, -0.15) is 0 Å². The first-order valence-electron chi connectivity index (χ1n) is 4.18. The standard InChI is InChI=1S/C10H12O4/c1-13-9-4-8(7-12)5-10(6-9)14-3-2-11/h4-7,11H,2-3H2,1H3. The van der Waals surface area contributed by atoms with Crippen LogP contribution in [0.4, 0.5) is 0 Å². The molecule has 1 aromatic carbocycles. The molecule has 0 radical (unpaired) electrons. The number of aliphatic hydroxyl groups is 1. The molecule has 4 heteroatoms. The van der Waals surface area contributed by atoms with Crippen LogP contribution in [0.25, 0.3) is 0 Å². The molecule has 0 aliphatic rings. The second-order valence-corrected chi connectivity index (χ2v) is 2.63. The van der Waals surface area contributed by atoms with E-state index >= 15 is 0 Å². The van der Waals surface area contributed by atoms with E-state index in [1.54, 1.807) is 18.2 Å². The van der Waals surface area contributed by atoms with Gasteiger partial charge in [0.15, 0.2) is 0 Å². The molecule has 1 aromatic rings. The molecule has 0 amide bonds. The number of aliphatic hydroxyl groups excluding tert-OH is 1. The van der Waals surface area contributed by atoms with Crippen LogP contribution in [-0.2, 0) is 0 Å². The molecular weight excluding hydrogens is 184 g/mol. The highest BCUT2D eigenvalue weighted by Gasteiger charge is 2.01. The maximum absolute atomic E-state index is 10.5. The largest absolute Gasteiger partial charge is 0.497 e. The van der Waals surface area contributed by atoms with E-state index in [9.17, 15) is 4.79 Å². The van der Waals surface area contributed by atoms with Crippen LogP contribution in [-0.4, -0.2) is 31.7 Å². The zero-order valence-corrected chi connectivity index (χ0v) is 7.90. The first-order valence-corrected chi connectivity index (χ1v) is 4.18. The molecular formula is C10H12O4. The van der Waals surface area contributed by atoms with Crippen molar-refractivity contribution < 1.29 is 19.4 Å². The molecule has 1 rings (SSSR count). The molecule has 0 atom stereocenters. The molecule has 0 saturated heterocycles. The summed E-state index contributed by atoms with van der Waals surface area (Å²) in [6.07, 6.45) is 0.717. The van der Waals surface area contributed by atoms with E-state index in [1.807, 2.05) is 0 Å². The Kier molecular flexibility index (Phi) is 3.94. The molecule has 1 N–H and O–H groups in total. The molecule has 0 spiro atoms. The molecule has 0 heterocycles. The Bertz CT molecular complexity index is 309. The number of rotatable bonds is 5. The highest BCUT2D eigenvalue weighted by atomic mass is 16.5. The van der Waals surface area contributed by atoms with Gasteiger partial charge in [-0.3, -0.25) is 4.79 Å². The molecule has 0 saturated carbocycles. The molecule has 0 unspecified atom stereocenters. The number of carbonyl (C=O) groups is 1. The third kappa shape index (κ3) is 2.74. The van der Waals surface area contributed by atoms with Gasteiger partial charge in [0.05, 0.1) is 13.7 Å². The summed E-state index contributed by atoms with van der Waals surface area (Å²) in [5.41, 5.74) is 0.484. The van der Waals surface area contributed by atoms with Gasteiger partial charge in [-0.15, -0.1) is 0 Å². The van der Waals surface area contributed by atoms with Gasteiger partial charge in [0.1, 0.15) is 24.4 Å². The van der Waals surface area contributed by atoms with Crippen molar-refractivity contribution in [2.24, 2.45) is 0 Å². The number of benzene rings is 1. The zero-order chi connectivity index (χ0) is 10.4. The lowest BCUT2D eigenvalue weighted by molar-refractivity contribution is 0.112. The molecule has 0 fully saturated rings. The smallest absolute Gasteiger partial charge is 0.150 e. The van der Waals surface area contributed by atoms with E-state index < -0.39 is 0 Å². The van der Waals surface area contributed by atoms with Crippen molar-refractivity contribution in [3.8, 4) is 11.5 Å². The Balaban J connectivity index is 2.86. The fourth-order valence-corrected chi connectivity index (χ4v) is 1.03. The monoisotopic (exact) mass is 196 g/mol. The van der Waals surface area contributed by atoms with Crippen LogP contribution in [0.15, 0.2) is 18.2 Å². The van der Waals surface area contributed by atoms with Gasteiger partial charge >= 0.3 is 0 Å². The van der Waals surface area contributed by atoms with Gasteiger partial charge in [-0.05, 0) is 12.1 Å². The van der Waals surface area contributed by atoms with Crippen molar-refractivity contribution in [3.05, 3.63) is 23.8 Å². The Labute approximate surface area is 82.1 Å².